The van der Waals surface area contributed by atoms with Crippen molar-refractivity contribution in [1.82, 2.24) is 14.4 Å². The number of H-pyrrole nitrogens is 1. The lowest BCUT2D eigenvalue weighted by Gasteiger charge is -2.00. The zero-order valence-electron chi connectivity index (χ0n) is 16.9. The Bertz CT molecular complexity index is 1380. The van der Waals surface area contributed by atoms with Crippen molar-refractivity contribution in [3.63, 3.8) is 0 Å². The zero-order chi connectivity index (χ0) is 20.6. The summed E-state index contributed by atoms with van der Waals surface area (Å²) in [6, 6.07) is 33.4. The molecule has 0 atom stereocenters. The van der Waals surface area contributed by atoms with E-state index in [-0.39, 0.29) is 0 Å². The van der Waals surface area contributed by atoms with Gasteiger partial charge in [-0.1, -0.05) is 60.7 Å². The molecule has 2 aromatic carbocycles. The third-order valence-electron chi connectivity index (χ3n) is 5.73. The van der Waals surface area contributed by atoms with E-state index in [1.807, 2.05) is 12.1 Å². The van der Waals surface area contributed by atoms with Crippen molar-refractivity contribution in [3.05, 3.63) is 121 Å². The first-order chi connectivity index (χ1) is 15.4. The van der Waals surface area contributed by atoms with Gasteiger partial charge in [-0.2, -0.15) is 4.40 Å². The lowest BCUT2D eigenvalue weighted by atomic mass is 10.2. The molecular formula is C27H21N4+. The fraction of sp³-hybridized carbons (Fsp3) is 0.0370. The van der Waals surface area contributed by atoms with Gasteiger partial charge in [0.25, 0.3) is 5.82 Å². The summed E-state index contributed by atoms with van der Waals surface area (Å²) in [4.78, 5) is 8.76. The molecule has 1 N–H and O–H groups in total. The van der Waals surface area contributed by atoms with Gasteiger partial charge in [-0.25, -0.2) is 9.97 Å². The third-order valence-corrected chi connectivity index (χ3v) is 5.73. The van der Waals surface area contributed by atoms with Crippen LogP contribution in [0.15, 0.2) is 109 Å². The van der Waals surface area contributed by atoms with Crippen molar-refractivity contribution < 1.29 is 4.40 Å². The zero-order valence-corrected chi connectivity index (χ0v) is 16.9. The smallest absolute Gasteiger partial charge is 0.292 e. The van der Waals surface area contributed by atoms with E-state index in [0.717, 1.165) is 46.1 Å². The Morgan fingerprint density at radius 2 is 1.45 bits per heavy atom. The molecule has 0 bridgehead atoms. The molecule has 0 saturated heterocycles. The van der Waals surface area contributed by atoms with E-state index in [0.29, 0.717) is 0 Å². The summed E-state index contributed by atoms with van der Waals surface area (Å²) < 4.78 is 4.40. The van der Waals surface area contributed by atoms with Gasteiger partial charge >= 0.3 is 0 Å². The number of nitrogens with zero attached hydrogens (tertiary/aromatic N) is 3. The molecule has 0 radical (unpaired) electrons. The van der Waals surface area contributed by atoms with Crippen molar-refractivity contribution in [3.8, 4) is 22.8 Å². The maximum atomic E-state index is 5.08. The number of aromatic amines is 1. The first-order valence-electron chi connectivity index (χ1n) is 10.5. The molecule has 0 aliphatic heterocycles. The fourth-order valence-corrected chi connectivity index (χ4v) is 4.28. The summed E-state index contributed by atoms with van der Waals surface area (Å²) in [5.74, 6) is 2.05. The number of fused-ring (bicyclic) bond motifs is 2. The second-order valence-corrected chi connectivity index (χ2v) is 7.65. The number of nitrogens with one attached hydrogen (secondary N) is 1. The number of pyridine rings is 2. The predicted molar refractivity (Wildman–Crippen MR) is 123 cm³/mol. The number of aromatic nitrogens is 4. The average molecular weight is 401 g/mol. The van der Waals surface area contributed by atoms with Crippen molar-refractivity contribution in [2.24, 2.45) is 0 Å². The first-order valence-corrected chi connectivity index (χ1v) is 10.5. The molecule has 4 heteroatoms. The van der Waals surface area contributed by atoms with Crippen molar-refractivity contribution in [1.29, 1.82) is 0 Å². The standard InChI is InChI=1S/C27H20N4/c1-3-11-20(12-4-1)26-28-22(24-15-7-9-17-30(24)26)19-23-25-16-8-10-18-31(25)27(29-23)21-13-5-2-6-14-21/h1-18H,19H2/p+1. The highest BCUT2D eigenvalue weighted by Gasteiger charge is 2.22. The highest BCUT2D eigenvalue weighted by Crippen LogP contribution is 2.26. The molecule has 0 unspecified atom stereocenters. The second kappa shape index (κ2) is 7.26. The van der Waals surface area contributed by atoms with Gasteiger partial charge in [0.15, 0.2) is 11.2 Å². The van der Waals surface area contributed by atoms with Crippen LogP contribution in [0, 0.1) is 0 Å². The Morgan fingerprint density at radius 1 is 0.742 bits per heavy atom. The van der Waals surface area contributed by atoms with Crippen LogP contribution in [0.1, 0.15) is 11.4 Å². The van der Waals surface area contributed by atoms with E-state index in [2.05, 4.69) is 111 Å². The molecule has 0 fully saturated rings. The van der Waals surface area contributed by atoms with E-state index >= 15 is 0 Å². The van der Waals surface area contributed by atoms with E-state index < -0.39 is 0 Å². The van der Waals surface area contributed by atoms with Crippen LogP contribution in [0.5, 0.6) is 0 Å². The Kier molecular flexibility index (Phi) is 4.13. The summed E-state index contributed by atoms with van der Waals surface area (Å²) in [5, 5.41) is 0. The number of benzene rings is 2. The molecule has 6 aromatic rings. The first kappa shape index (κ1) is 17.7. The van der Waals surface area contributed by atoms with Crippen LogP contribution in [0.25, 0.3) is 33.8 Å². The molecule has 0 amide bonds. The molecule has 4 aromatic heterocycles. The number of imidazole rings is 2. The number of hydrogen-bond donors (Lipinski definition) is 1. The van der Waals surface area contributed by atoms with Gasteiger partial charge in [0, 0.05) is 11.8 Å². The van der Waals surface area contributed by atoms with Crippen LogP contribution in [-0.4, -0.2) is 14.4 Å². The van der Waals surface area contributed by atoms with Crippen LogP contribution in [0.2, 0.25) is 0 Å². The average Bonchev–Trinajstić information content (AvgIpc) is 3.40. The minimum atomic E-state index is 0.723. The lowest BCUT2D eigenvalue weighted by Crippen LogP contribution is -2.21. The SMILES string of the molecule is c1ccc(-c2nc(Cc3[nH]c(-c4ccccc4)[n+]4ccccc34)c3ccccn23)cc1. The molecule has 0 aliphatic carbocycles. The van der Waals surface area contributed by atoms with Crippen LogP contribution in [0.3, 0.4) is 0 Å². The number of rotatable bonds is 4. The van der Waals surface area contributed by atoms with E-state index in [1.165, 1.54) is 5.52 Å². The highest BCUT2D eigenvalue weighted by molar-refractivity contribution is 5.67. The van der Waals surface area contributed by atoms with Gasteiger partial charge in [0.05, 0.1) is 29.4 Å². The normalized spacial score (nSPS) is 11.4. The topological polar surface area (TPSA) is 37.2 Å². The van der Waals surface area contributed by atoms with Crippen LogP contribution < -0.4 is 4.40 Å². The summed E-state index contributed by atoms with van der Waals surface area (Å²) >= 11 is 0. The molecule has 0 saturated carbocycles. The Morgan fingerprint density at radius 3 is 2.26 bits per heavy atom. The van der Waals surface area contributed by atoms with Crippen LogP contribution in [0.4, 0.5) is 0 Å². The molecule has 31 heavy (non-hydrogen) atoms. The quantitative estimate of drug-likeness (QED) is 0.399. The van der Waals surface area contributed by atoms with Gasteiger partial charge < -0.3 is 0 Å². The van der Waals surface area contributed by atoms with Gasteiger partial charge in [-0.3, -0.25) is 4.40 Å². The lowest BCUT2D eigenvalue weighted by molar-refractivity contribution is -0.498. The Hall–Kier alpha value is -4.18. The summed E-state index contributed by atoms with van der Waals surface area (Å²) in [6.07, 6.45) is 4.92. The minimum Gasteiger partial charge on any atom is -0.299 e. The highest BCUT2D eigenvalue weighted by atomic mass is 15.0. The predicted octanol–water partition coefficient (Wildman–Crippen LogP) is 5.33. The Balaban J connectivity index is 1.51. The van der Waals surface area contributed by atoms with E-state index in [9.17, 15) is 0 Å². The fourth-order valence-electron chi connectivity index (χ4n) is 4.28. The molecule has 6 rings (SSSR count). The summed E-state index contributed by atoms with van der Waals surface area (Å²) in [6.45, 7) is 0. The van der Waals surface area contributed by atoms with E-state index in [4.69, 9.17) is 4.98 Å². The summed E-state index contributed by atoms with van der Waals surface area (Å²) in [5.41, 5.74) is 6.79. The number of hydrogen-bond acceptors (Lipinski definition) is 1. The van der Waals surface area contributed by atoms with Gasteiger partial charge in [-0.15, -0.1) is 0 Å². The van der Waals surface area contributed by atoms with Crippen molar-refractivity contribution in [2.45, 2.75) is 6.42 Å². The third kappa shape index (κ3) is 3.01. The van der Waals surface area contributed by atoms with Gasteiger partial charge in [0.1, 0.15) is 5.82 Å². The molecular weight excluding hydrogens is 380 g/mol. The van der Waals surface area contributed by atoms with E-state index in [1.54, 1.807) is 0 Å². The minimum absolute atomic E-state index is 0.723. The summed E-state index contributed by atoms with van der Waals surface area (Å²) in [7, 11) is 0. The molecule has 4 heterocycles. The van der Waals surface area contributed by atoms with Gasteiger partial charge in [-0.05, 0) is 36.4 Å². The second-order valence-electron chi connectivity index (χ2n) is 7.65. The van der Waals surface area contributed by atoms with Gasteiger partial charge in [0.2, 0.25) is 0 Å². The van der Waals surface area contributed by atoms with Crippen LogP contribution >= 0.6 is 0 Å². The van der Waals surface area contributed by atoms with Crippen molar-refractivity contribution >= 4 is 11.0 Å². The molecule has 148 valence electrons. The maximum Gasteiger partial charge on any atom is 0.292 e. The largest absolute Gasteiger partial charge is 0.299 e. The van der Waals surface area contributed by atoms with Crippen molar-refractivity contribution in [2.75, 3.05) is 0 Å². The maximum absolute atomic E-state index is 5.08. The van der Waals surface area contributed by atoms with Crippen LogP contribution in [-0.2, 0) is 6.42 Å². The molecule has 4 nitrogen and oxygen atoms in total. The molecule has 0 spiro atoms. The Labute approximate surface area is 180 Å². The monoisotopic (exact) mass is 401 g/mol. The molecule has 0 aliphatic rings.